The smallest absolute Gasteiger partial charge is 0.425 e. The topological polar surface area (TPSA) is 290 Å². The van der Waals surface area contributed by atoms with Gasteiger partial charge in [-0.1, -0.05) is 63.6 Å². The summed E-state index contributed by atoms with van der Waals surface area (Å²) in [7, 11) is -2.03. The second-order valence-corrected chi connectivity index (χ2v) is 13.1. The third-order valence-electron chi connectivity index (χ3n) is 8.24. The van der Waals surface area contributed by atoms with Gasteiger partial charge in [-0.05, 0) is 79.8 Å². The summed E-state index contributed by atoms with van der Waals surface area (Å²) in [5, 5.41) is 30.5. The first-order valence-corrected chi connectivity index (χ1v) is 17.7. The summed E-state index contributed by atoms with van der Waals surface area (Å²) >= 11 is 0. The molecule has 16 nitrogen and oxygen atoms in total. The van der Waals surface area contributed by atoms with Gasteiger partial charge in [0.2, 0.25) is 17.7 Å². The Kier molecular flexibility index (Phi) is 19.0. The van der Waals surface area contributed by atoms with Crippen molar-refractivity contribution in [2.24, 2.45) is 28.9 Å². The first kappa shape index (κ1) is 43.8. The monoisotopic (exact) mass is 725 g/mol. The molecule has 0 bridgehead atoms. The van der Waals surface area contributed by atoms with E-state index < -0.39 is 67.0 Å². The van der Waals surface area contributed by atoms with Crippen LogP contribution in [0, 0.1) is 5.92 Å². The molecule has 0 aliphatic rings. The summed E-state index contributed by atoms with van der Waals surface area (Å²) in [6, 6.07) is 10.3. The Bertz CT molecular complexity index is 1450. The summed E-state index contributed by atoms with van der Waals surface area (Å²) in [5.41, 5.74) is 26.4. The maximum atomic E-state index is 13.4. The third-order valence-corrected chi connectivity index (χ3v) is 8.24. The van der Waals surface area contributed by atoms with Crippen molar-refractivity contribution in [3.63, 3.8) is 0 Å². The third kappa shape index (κ3) is 14.7. The maximum absolute atomic E-state index is 13.4. The molecule has 286 valence electrons. The Hall–Kier alpha value is -4.39. The van der Waals surface area contributed by atoms with Crippen molar-refractivity contribution in [2.45, 2.75) is 96.1 Å². The van der Waals surface area contributed by atoms with Crippen molar-refractivity contribution < 1.29 is 34.0 Å². The highest BCUT2D eigenvalue weighted by atomic mass is 16.4. The number of hydrogen-bond acceptors (Lipinski definition) is 11. The molecule has 52 heavy (non-hydrogen) atoms. The molecule has 0 aliphatic carbocycles. The standard InChI is InChI=1S/C35H56BN9O7/c1-4-5-8-22-10-12-23(13-11-22)24-14-16-25(17-15-24)30(46)41-26(9-6-7-18-37)31(47)43-28(20-38)33(49)44-29(39)34(50)42-27(19-21(2)3)32(48)45-35(40)36(51)52/h10-17,21,26-29,35,51-52H,4-9,18-20,37-40H2,1-3H3,(H,41,46)(H,42,50)(H,43,47)(H,44,49)(H,45,48)/t26-,27-,28-,29+,35+/m0/s1. The van der Waals surface area contributed by atoms with Crippen LogP contribution in [0.15, 0.2) is 48.5 Å². The first-order valence-electron chi connectivity index (χ1n) is 17.7. The van der Waals surface area contributed by atoms with Gasteiger partial charge in [-0.25, -0.2) is 0 Å². The van der Waals surface area contributed by atoms with E-state index in [-0.39, 0.29) is 25.3 Å². The molecule has 5 amide bonds. The number of carbonyl (C=O) groups is 5. The van der Waals surface area contributed by atoms with Gasteiger partial charge in [0.1, 0.15) is 24.2 Å². The summed E-state index contributed by atoms with van der Waals surface area (Å²) in [6.45, 7) is 5.76. The molecule has 2 aromatic carbocycles. The first-order chi connectivity index (χ1) is 24.7. The van der Waals surface area contributed by atoms with E-state index in [1.807, 2.05) is 24.3 Å². The largest absolute Gasteiger partial charge is 0.490 e. The van der Waals surface area contributed by atoms with Gasteiger partial charge < -0.3 is 59.6 Å². The van der Waals surface area contributed by atoms with Crippen molar-refractivity contribution in [1.29, 1.82) is 0 Å². The molecule has 17 heteroatoms. The number of nitrogens with two attached hydrogens (primary N) is 4. The zero-order valence-corrected chi connectivity index (χ0v) is 30.3. The van der Waals surface area contributed by atoms with Crippen LogP contribution in [0.3, 0.4) is 0 Å². The molecule has 0 saturated heterocycles. The van der Waals surface area contributed by atoms with Gasteiger partial charge in [0.05, 0.1) is 0 Å². The van der Waals surface area contributed by atoms with Crippen LogP contribution < -0.4 is 49.5 Å². The highest BCUT2D eigenvalue weighted by molar-refractivity contribution is 6.43. The van der Waals surface area contributed by atoms with Crippen LogP contribution in [0.2, 0.25) is 0 Å². The van der Waals surface area contributed by atoms with Gasteiger partial charge >= 0.3 is 7.12 Å². The highest BCUT2D eigenvalue weighted by Crippen LogP contribution is 2.21. The summed E-state index contributed by atoms with van der Waals surface area (Å²) in [6.07, 6.45) is 3.10. The number of carbonyl (C=O) groups excluding carboxylic acids is 5. The lowest BCUT2D eigenvalue weighted by Gasteiger charge is -2.25. The van der Waals surface area contributed by atoms with Gasteiger partial charge in [-0.2, -0.15) is 0 Å². The molecule has 5 atom stereocenters. The van der Waals surface area contributed by atoms with Crippen molar-refractivity contribution >= 4 is 36.7 Å². The van der Waals surface area contributed by atoms with Crippen LogP contribution in [0.1, 0.15) is 75.2 Å². The SMILES string of the molecule is CCCCc1ccc(-c2ccc(C(=O)N[C@@H](CCCCN)C(=O)N[C@@H](CN)C(=O)N[C@@H](N)C(=O)N[C@@H](CC(C)C)C(=O)N[C@@H](N)B(O)O)cc2)cc1. The molecule has 2 rings (SSSR count). The number of hydrogen-bond donors (Lipinski definition) is 11. The van der Waals surface area contributed by atoms with Gasteiger partial charge in [-0.3, -0.25) is 24.0 Å². The zero-order valence-electron chi connectivity index (χ0n) is 30.3. The van der Waals surface area contributed by atoms with Gasteiger partial charge in [-0.15, -0.1) is 0 Å². The normalized spacial score (nSPS) is 14.0. The van der Waals surface area contributed by atoms with Crippen LogP contribution in [0.5, 0.6) is 0 Å². The number of unbranched alkanes of at least 4 members (excludes halogenated alkanes) is 2. The van der Waals surface area contributed by atoms with Gasteiger partial charge in [0.15, 0.2) is 6.17 Å². The number of amides is 5. The number of rotatable bonds is 22. The maximum Gasteiger partial charge on any atom is 0.490 e. The molecule has 0 fully saturated rings. The predicted octanol–water partition coefficient (Wildman–Crippen LogP) is -1.29. The lowest BCUT2D eigenvalue weighted by molar-refractivity contribution is -0.134. The zero-order chi connectivity index (χ0) is 38.8. The molecule has 0 spiro atoms. The molecule has 2 aromatic rings. The van der Waals surface area contributed by atoms with Crippen LogP contribution in [-0.4, -0.2) is 90.1 Å². The van der Waals surface area contributed by atoms with Crippen molar-refractivity contribution in [3.8, 4) is 11.1 Å². The Morgan fingerprint density at radius 2 is 1.25 bits per heavy atom. The molecule has 0 heterocycles. The molecular formula is C35H56BN9O7. The Labute approximate surface area is 305 Å². The Morgan fingerprint density at radius 3 is 1.79 bits per heavy atom. The Morgan fingerprint density at radius 1 is 0.692 bits per heavy atom. The second-order valence-electron chi connectivity index (χ2n) is 13.1. The van der Waals surface area contributed by atoms with Crippen molar-refractivity contribution in [2.75, 3.05) is 13.1 Å². The Balaban J connectivity index is 2.07. The average molecular weight is 726 g/mol. The summed E-state index contributed by atoms with van der Waals surface area (Å²) in [5.74, 6) is -3.85. The molecule has 0 aliphatic heterocycles. The summed E-state index contributed by atoms with van der Waals surface area (Å²) in [4.78, 5) is 65.2. The minimum absolute atomic E-state index is 0.0790. The number of aryl methyl sites for hydroxylation is 1. The van der Waals surface area contributed by atoms with E-state index in [1.54, 1.807) is 26.0 Å². The molecule has 15 N–H and O–H groups in total. The predicted molar refractivity (Wildman–Crippen MR) is 199 cm³/mol. The fraction of sp³-hybridized carbons (Fsp3) is 0.514. The van der Waals surface area contributed by atoms with E-state index in [4.69, 9.17) is 22.9 Å². The lowest BCUT2D eigenvalue weighted by atomic mass is 9.86. The molecule has 0 saturated carbocycles. The van der Waals surface area contributed by atoms with Crippen LogP contribution in [0.4, 0.5) is 0 Å². The van der Waals surface area contributed by atoms with E-state index in [0.717, 1.165) is 30.4 Å². The van der Waals surface area contributed by atoms with E-state index in [0.29, 0.717) is 24.9 Å². The fourth-order valence-electron chi connectivity index (χ4n) is 5.19. The minimum atomic E-state index is -2.03. The fourth-order valence-corrected chi connectivity index (χ4v) is 5.19. The van der Waals surface area contributed by atoms with Crippen LogP contribution in [0.25, 0.3) is 11.1 Å². The molecular weight excluding hydrogens is 669 g/mol. The van der Waals surface area contributed by atoms with Crippen LogP contribution in [-0.2, 0) is 25.6 Å². The second kappa shape index (κ2) is 22.5. The van der Waals surface area contributed by atoms with Crippen LogP contribution >= 0.6 is 0 Å². The number of benzene rings is 2. The average Bonchev–Trinajstić information content (AvgIpc) is 3.11. The highest BCUT2D eigenvalue weighted by Gasteiger charge is 2.31. The lowest BCUT2D eigenvalue weighted by Crippen LogP contribution is -2.63. The molecule has 0 unspecified atom stereocenters. The van der Waals surface area contributed by atoms with E-state index in [9.17, 15) is 34.0 Å². The molecule has 0 radical (unpaired) electrons. The summed E-state index contributed by atoms with van der Waals surface area (Å²) < 4.78 is 0. The van der Waals surface area contributed by atoms with Gasteiger partial charge in [0, 0.05) is 12.1 Å². The van der Waals surface area contributed by atoms with E-state index in [1.165, 1.54) is 5.56 Å². The van der Waals surface area contributed by atoms with E-state index >= 15 is 0 Å². The quantitative estimate of drug-likeness (QED) is 0.0386. The van der Waals surface area contributed by atoms with E-state index in [2.05, 4.69) is 45.6 Å². The van der Waals surface area contributed by atoms with Gasteiger partial charge in [0.25, 0.3) is 11.8 Å². The van der Waals surface area contributed by atoms with Crippen molar-refractivity contribution in [3.05, 3.63) is 59.7 Å². The number of nitrogens with one attached hydrogen (secondary N) is 5. The van der Waals surface area contributed by atoms with Crippen molar-refractivity contribution in [1.82, 2.24) is 26.6 Å². The minimum Gasteiger partial charge on any atom is -0.425 e. The molecule has 0 aromatic heterocycles.